The Kier molecular flexibility index (Phi) is 5.71. The molecule has 0 spiro atoms. The second kappa shape index (κ2) is 8.16. The van der Waals surface area contributed by atoms with Crippen LogP contribution in [0.1, 0.15) is 23.5 Å². The Morgan fingerprint density at radius 1 is 1.24 bits per heavy atom. The van der Waals surface area contributed by atoms with Crippen molar-refractivity contribution in [1.29, 1.82) is 0 Å². The molecule has 2 N–H and O–H groups in total. The summed E-state index contributed by atoms with van der Waals surface area (Å²) in [5.74, 6) is 0.223. The number of hydrogen-bond donors (Lipinski definition) is 2. The van der Waals surface area contributed by atoms with Gasteiger partial charge in [0.05, 0.1) is 5.92 Å². The van der Waals surface area contributed by atoms with E-state index in [0.717, 1.165) is 11.5 Å². The minimum atomic E-state index is -0.566. The number of carbonyl (C=O) groups is 2. The van der Waals surface area contributed by atoms with Crippen LogP contribution in [-0.4, -0.2) is 24.1 Å². The molecule has 0 aromatic heterocycles. The molecule has 1 atom stereocenters. The quantitative estimate of drug-likeness (QED) is 0.779. The minimum absolute atomic E-state index is 0.0849. The van der Waals surface area contributed by atoms with Crippen molar-refractivity contribution in [3.63, 3.8) is 0 Å². The maximum absolute atomic E-state index is 13.3. The van der Waals surface area contributed by atoms with Gasteiger partial charge < -0.3 is 10.6 Å². The van der Waals surface area contributed by atoms with E-state index >= 15 is 0 Å². The van der Waals surface area contributed by atoms with Crippen molar-refractivity contribution in [1.82, 2.24) is 5.32 Å². The third-order valence-electron chi connectivity index (χ3n) is 4.03. The molecule has 0 saturated heterocycles. The predicted molar refractivity (Wildman–Crippen MR) is 98.0 cm³/mol. The molecule has 3 rings (SSSR count). The SMILES string of the molecule is O=C1CC(C(=O)NCCSCc2ccccc2)c2ccc(F)cc2N1. The number of thioether (sulfide) groups is 1. The summed E-state index contributed by atoms with van der Waals surface area (Å²) in [4.78, 5) is 24.2. The van der Waals surface area contributed by atoms with Crippen molar-refractivity contribution in [3.05, 3.63) is 65.5 Å². The van der Waals surface area contributed by atoms with E-state index in [1.807, 2.05) is 18.2 Å². The Morgan fingerprint density at radius 3 is 2.84 bits per heavy atom. The Balaban J connectivity index is 1.51. The van der Waals surface area contributed by atoms with Gasteiger partial charge in [0.1, 0.15) is 5.82 Å². The lowest BCUT2D eigenvalue weighted by molar-refractivity contribution is -0.126. The molecule has 0 radical (unpaired) electrons. The number of nitrogens with one attached hydrogen (secondary N) is 2. The van der Waals surface area contributed by atoms with Gasteiger partial charge in [-0.1, -0.05) is 36.4 Å². The lowest BCUT2D eigenvalue weighted by Crippen LogP contribution is -2.36. The molecule has 1 aliphatic heterocycles. The van der Waals surface area contributed by atoms with Crippen LogP contribution in [-0.2, 0) is 15.3 Å². The lowest BCUT2D eigenvalue weighted by atomic mass is 9.90. The van der Waals surface area contributed by atoms with Crippen LogP contribution in [0.25, 0.3) is 0 Å². The lowest BCUT2D eigenvalue weighted by Gasteiger charge is -2.24. The standard InChI is InChI=1S/C19H19FN2O2S/c20-14-6-7-15-16(11-18(23)22-17(15)10-14)19(24)21-8-9-25-12-13-4-2-1-3-5-13/h1-7,10,16H,8-9,11-12H2,(H,21,24)(H,22,23). The Bertz CT molecular complexity index is 767. The van der Waals surface area contributed by atoms with E-state index in [1.165, 1.54) is 17.7 Å². The molecule has 0 bridgehead atoms. The Hall–Kier alpha value is -2.34. The summed E-state index contributed by atoms with van der Waals surface area (Å²) in [7, 11) is 0. The van der Waals surface area contributed by atoms with Crippen molar-refractivity contribution in [3.8, 4) is 0 Å². The predicted octanol–water partition coefficient (Wildman–Crippen LogP) is 3.30. The van der Waals surface area contributed by atoms with Gasteiger partial charge in [-0.2, -0.15) is 11.8 Å². The number of hydrogen-bond acceptors (Lipinski definition) is 3. The number of amides is 2. The van der Waals surface area contributed by atoms with Gasteiger partial charge in [-0.25, -0.2) is 4.39 Å². The first kappa shape index (κ1) is 17.5. The average molecular weight is 358 g/mol. The normalized spacial score (nSPS) is 16.0. The Morgan fingerprint density at radius 2 is 2.04 bits per heavy atom. The molecule has 0 aliphatic carbocycles. The highest BCUT2D eigenvalue weighted by Gasteiger charge is 2.30. The summed E-state index contributed by atoms with van der Waals surface area (Å²) < 4.78 is 13.3. The van der Waals surface area contributed by atoms with Crippen LogP contribution in [0, 0.1) is 5.82 Å². The van der Waals surface area contributed by atoms with Gasteiger partial charge in [-0.15, -0.1) is 0 Å². The fourth-order valence-electron chi connectivity index (χ4n) is 2.80. The van der Waals surface area contributed by atoms with Crippen LogP contribution in [0.4, 0.5) is 10.1 Å². The molecular formula is C19H19FN2O2S. The van der Waals surface area contributed by atoms with E-state index in [4.69, 9.17) is 0 Å². The molecule has 2 aromatic rings. The highest BCUT2D eigenvalue weighted by molar-refractivity contribution is 7.98. The van der Waals surface area contributed by atoms with E-state index in [1.54, 1.807) is 17.8 Å². The fraction of sp³-hybridized carbons (Fsp3) is 0.263. The fourth-order valence-corrected chi connectivity index (χ4v) is 3.62. The van der Waals surface area contributed by atoms with Crippen molar-refractivity contribution < 1.29 is 14.0 Å². The van der Waals surface area contributed by atoms with Crippen LogP contribution in [0.15, 0.2) is 48.5 Å². The summed E-state index contributed by atoms with van der Waals surface area (Å²) in [5, 5.41) is 5.50. The van der Waals surface area contributed by atoms with Gasteiger partial charge in [0.15, 0.2) is 0 Å². The van der Waals surface area contributed by atoms with Crippen LogP contribution >= 0.6 is 11.8 Å². The second-order valence-electron chi connectivity index (χ2n) is 5.87. The van der Waals surface area contributed by atoms with Gasteiger partial charge in [-0.05, 0) is 23.3 Å². The van der Waals surface area contributed by atoms with Gasteiger partial charge in [0.25, 0.3) is 0 Å². The summed E-state index contributed by atoms with van der Waals surface area (Å²) >= 11 is 1.74. The van der Waals surface area contributed by atoms with E-state index in [2.05, 4.69) is 22.8 Å². The molecule has 25 heavy (non-hydrogen) atoms. The summed E-state index contributed by atoms with van der Waals surface area (Å²) in [5.41, 5.74) is 2.30. The number of carbonyl (C=O) groups excluding carboxylic acids is 2. The molecule has 1 unspecified atom stereocenters. The molecule has 1 heterocycles. The van der Waals surface area contributed by atoms with E-state index < -0.39 is 11.7 Å². The van der Waals surface area contributed by atoms with Gasteiger partial charge >= 0.3 is 0 Å². The molecule has 0 saturated carbocycles. The molecule has 2 amide bonds. The van der Waals surface area contributed by atoms with Crippen molar-refractivity contribution in [2.45, 2.75) is 18.1 Å². The molecule has 0 fully saturated rings. The van der Waals surface area contributed by atoms with E-state index in [0.29, 0.717) is 17.8 Å². The number of fused-ring (bicyclic) bond motifs is 1. The molecule has 130 valence electrons. The molecule has 6 heteroatoms. The zero-order valence-electron chi connectivity index (χ0n) is 13.6. The van der Waals surface area contributed by atoms with Crippen molar-refractivity contribution >= 4 is 29.3 Å². The molecule has 2 aromatic carbocycles. The maximum Gasteiger partial charge on any atom is 0.228 e. The molecule has 4 nitrogen and oxygen atoms in total. The second-order valence-corrected chi connectivity index (χ2v) is 6.97. The van der Waals surface area contributed by atoms with Crippen molar-refractivity contribution in [2.24, 2.45) is 0 Å². The number of benzene rings is 2. The average Bonchev–Trinajstić information content (AvgIpc) is 2.61. The number of rotatable bonds is 6. The smallest absolute Gasteiger partial charge is 0.228 e. The van der Waals surface area contributed by atoms with E-state index in [9.17, 15) is 14.0 Å². The first-order valence-electron chi connectivity index (χ1n) is 8.12. The number of anilines is 1. The molecule has 1 aliphatic rings. The largest absolute Gasteiger partial charge is 0.355 e. The maximum atomic E-state index is 13.3. The zero-order chi connectivity index (χ0) is 17.6. The summed E-state index contributed by atoms with van der Waals surface area (Å²) in [6, 6.07) is 14.3. The third kappa shape index (κ3) is 4.60. The summed E-state index contributed by atoms with van der Waals surface area (Å²) in [6.07, 6.45) is 0.0849. The molecular weight excluding hydrogens is 339 g/mol. The summed E-state index contributed by atoms with van der Waals surface area (Å²) in [6.45, 7) is 0.533. The van der Waals surface area contributed by atoms with Crippen LogP contribution in [0.2, 0.25) is 0 Å². The van der Waals surface area contributed by atoms with Crippen molar-refractivity contribution in [2.75, 3.05) is 17.6 Å². The highest BCUT2D eigenvalue weighted by atomic mass is 32.2. The van der Waals surface area contributed by atoms with E-state index in [-0.39, 0.29) is 18.2 Å². The van der Waals surface area contributed by atoms with Gasteiger partial charge in [0, 0.05) is 30.2 Å². The Labute approximate surface area is 150 Å². The number of halogens is 1. The first-order chi connectivity index (χ1) is 12.1. The van der Waals surface area contributed by atoms with Crippen LogP contribution < -0.4 is 10.6 Å². The minimum Gasteiger partial charge on any atom is -0.355 e. The topological polar surface area (TPSA) is 58.2 Å². The monoisotopic (exact) mass is 358 g/mol. The van der Waals surface area contributed by atoms with Crippen LogP contribution in [0.5, 0.6) is 0 Å². The first-order valence-corrected chi connectivity index (χ1v) is 9.27. The van der Waals surface area contributed by atoms with Gasteiger partial charge in [-0.3, -0.25) is 9.59 Å². The van der Waals surface area contributed by atoms with Gasteiger partial charge in [0.2, 0.25) is 11.8 Å². The zero-order valence-corrected chi connectivity index (χ0v) is 14.4. The highest BCUT2D eigenvalue weighted by Crippen LogP contribution is 2.32. The van der Waals surface area contributed by atoms with Crippen LogP contribution in [0.3, 0.4) is 0 Å². The third-order valence-corrected chi connectivity index (χ3v) is 5.06.